The second-order valence-electron chi connectivity index (χ2n) is 6.19. The number of likely N-dealkylation sites (tertiary alicyclic amines) is 1. The Morgan fingerprint density at radius 2 is 2.04 bits per heavy atom. The fourth-order valence-electron chi connectivity index (χ4n) is 3.14. The fourth-order valence-corrected chi connectivity index (χ4v) is 3.38. The molecular weight excluding hydrogens is 330 g/mol. The number of rotatable bonds is 4. The molecule has 1 aliphatic heterocycles. The summed E-state index contributed by atoms with van der Waals surface area (Å²) in [6.07, 6.45) is 0.887. The number of nitrogens with zero attached hydrogens (tertiary/aromatic N) is 2. The first-order valence-electron chi connectivity index (χ1n) is 7.95. The average Bonchev–Trinajstić information content (AvgIpc) is 2.58. The standard InChI is InChI=1S/C17H22ClN3O3/c1-24-10-2-3-14-12(6-10)11(13(18)7-20-14)4-5-21-8-15(22)17(19)16(23)9-21/h2-3,6-7,15-17,22-23H,4-5,8-9,19H2,1H3. The van der Waals surface area contributed by atoms with Crippen LogP contribution in [-0.4, -0.2) is 65.1 Å². The third-order valence-electron chi connectivity index (χ3n) is 4.59. The molecule has 1 aromatic heterocycles. The van der Waals surface area contributed by atoms with Gasteiger partial charge in [-0.05, 0) is 30.2 Å². The largest absolute Gasteiger partial charge is 0.497 e. The Kier molecular flexibility index (Phi) is 5.22. The Labute approximate surface area is 145 Å². The maximum atomic E-state index is 9.93. The number of aliphatic hydroxyl groups is 2. The van der Waals surface area contributed by atoms with E-state index in [1.807, 2.05) is 23.1 Å². The van der Waals surface area contributed by atoms with Crippen molar-refractivity contribution in [2.24, 2.45) is 5.73 Å². The normalized spacial score (nSPS) is 25.1. The number of nitrogens with two attached hydrogens (primary N) is 1. The van der Waals surface area contributed by atoms with E-state index in [0.29, 0.717) is 31.1 Å². The Morgan fingerprint density at radius 1 is 1.33 bits per heavy atom. The van der Waals surface area contributed by atoms with Crippen molar-refractivity contribution in [1.82, 2.24) is 9.88 Å². The predicted octanol–water partition coefficient (Wildman–Crippen LogP) is 0.804. The van der Waals surface area contributed by atoms with Crippen molar-refractivity contribution in [2.45, 2.75) is 24.7 Å². The summed E-state index contributed by atoms with van der Waals surface area (Å²) in [6.45, 7) is 1.56. The summed E-state index contributed by atoms with van der Waals surface area (Å²) < 4.78 is 5.29. The molecule has 24 heavy (non-hydrogen) atoms. The molecule has 0 radical (unpaired) electrons. The molecule has 1 aliphatic rings. The number of hydrogen-bond acceptors (Lipinski definition) is 6. The zero-order chi connectivity index (χ0) is 17.3. The van der Waals surface area contributed by atoms with Crippen LogP contribution < -0.4 is 10.5 Å². The quantitative estimate of drug-likeness (QED) is 0.755. The molecule has 2 heterocycles. The number of β-amino-alcohol motifs (C(OH)–C–C–N with tert-alkyl or cyclic N) is 2. The van der Waals surface area contributed by atoms with E-state index < -0.39 is 18.2 Å². The van der Waals surface area contributed by atoms with Gasteiger partial charge in [-0.15, -0.1) is 0 Å². The number of halogens is 1. The number of fused-ring (bicyclic) bond motifs is 1. The Bertz CT molecular complexity index is 716. The Balaban J connectivity index is 1.81. The first kappa shape index (κ1) is 17.4. The predicted molar refractivity (Wildman–Crippen MR) is 93.4 cm³/mol. The molecule has 1 aromatic carbocycles. The number of pyridine rings is 1. The molecule has 0 aliphatic carbocycles. The van der Waals surface area contributed by atoms with Gasteiger partial charge in [-0.2, -0.15) is 0 Å². The van der Waals surface area contributed by atoms with E-state index in [-0.39, 0.29) is 0 Å². The van der Waals surface area contributed by atoms with Crippen LogP contribution in [-0.2, 0) is 6.42 Å². The minimum Gasteiger partial charge on any atom is -0.497 e. The Morgan fingerprint density at radius 3 is 2.71 bits per heavy atom. The summed E-state index contributed by atoms with van der Waals surface area (Å²) >= 11 is 6.36. The summed E-state index contributed by atoms with van der Waals surface area (Å²) in [4.78, 5) is 6.35. The highest BCUT2D eigenvalue weighted by Crippen LogP contribution is 2.28. The highest BCUT2D eigenvalue weighted by atomic mass is 35.5. The molecule has 2 atom stereocenters. The molecule has 1 fully saturated rings. The molecular formula is C17H22ClN3O3. The lowest BCUT2D eigenvalue weighted by atomic mass is 9.99. The number of aromatic nitrogens is 1. The lowest BCUT2D eigenvalue weighted by Gasteiger charge is -2.37. The van der Waals surface area contributed by atoms with Gasteiger partial charge in [0.25, 0.3) is 0 Å². The minimum atomic E-state index is -0.724. The Hall–Kier alpha value is -1.44. The first-order chi connectivity index (χ1) is 11.5. The smallest absolute Gasteiger partial charge is 0.119 e. The van der Waals surface area contributed by atoms with Gasteiger partial charge < -0.3 is 20.7 Å². The number of hydrogen-bond donors (Lipinski definition) is 3. The van der Waals surface area contributed by atoms with E-state index in [2.05, 4.69) is 4.98 Å². The highest BCUT2D eigenvalue weighted by molar-refractivity contribution is 6.32. The maximum absolute atomic E-state index is 9.93. The second kappa shape index (κ2) is 7.21. The van der Waals surface area contributed by atoms with Gasteiger partial charge in [-0.1, -0.05) is 11.6 Å². The number of piperidine rings is 1. The van der Waals surface area contributed by atoms with Gasteiger partial charge in [0.05, 0.1) is 35.9 Å². The average molecular weight is 352 g/mol. The summed E-state index contributed by atoms with van der Waals surface area (Å²) in [6, 6.07) is 5.11. The summed E-state index contributed by atoms with van der Waals surface area (Å²) in [7, 11) is 1.62. The zero-order valence-electron chi connectivity index (χ0n) is 13.5. The van der Waals surface area contributed by atoms with Crippen molar-refractivity contribution in [2.75, 3.05) is 26.7 Å². The molecule has 0 bridgehead atoms. The van der Waals surface area contributed by atoms with Crippen LogP contribution in [0.1, 0.15) is 5.56 Å². The molecule has 2 aromatic rings. The number of aliphatic hydroxyl groups excluding tert-OH is 2. The van der Waals surface area contributed by atoms with Crippen LogP contribution in [0.5, 0.6) is 5.75 Å². The number of methoxy groups -OCH3 is 1. The van der Waals surface area contributed by atoms with Crippen LogP contribution in [0.4, 0.5) is 0 Å². The molecule has 0 spiro atoms. The number of ether oxygens (including phenoxy) is 1. The van der Waals surface area contributed by atoms with Gasteiger partial charge in [-0.3, -0.25) is 9.88 Å². The number of benzene rings is 1. The lowest BCUT2D eigenvalue weighted by Crippen LogP contribution is -2.59. The first-order valence-corrected chi connectivity index (χ1v) is 8.32. The topological polar surface area (TPSA) is 91.8 Å². The molecule has 7 heteroatoms. The van der Waals surface area contributed by atoms with E-state index >= 15 is 0 Å². The van der Waals surface area contributed by atoms with Gasteiger partial charge in [0.15, 0.2) is 0 Å². The molecule has 0 amide bonds. The van der Waals surface area contributed by atoms with Crippen molar-refractivity contribution in [3.63, 3.8) is 0 Å². The highest BCUT2D eigenvalue weighted by Gasteiger charge is 2.31. The molecule has 0 saturated carbocycles. The van der Waals surface area contributed by atoms with Crippen LogP contribution in [0.2, 0.25) is 5.02 Å². The van der Waals surface area contributed by atoms with Crippen LogP contribution in [0.25, 0.3) is 10.9 Å². The van der Waals surface area contributed by atoms with E-state index in [1.54, 1.807) is 13.3 Å². The summed E-state index contributed by atoms with van der Waals surface area (Å²) in [5.41, 5.74) is 7.59. The second-order valence-corrected chi connectivity index (χ2v) is 6.60. The third-order valence-corrected chi connectivity index (χ3v) is 4.92. The maximum Gasteiger partial charge on any atom is 0.119 e. The van der Waals surface area contributed by atoms with Crippen molar-refractivity contribution in [3.05, 3.63) is 35.0 Å². The third kappa shape index (κ3) is 3.48. The van der Waals surface area contributed by atoms with Gasteiger partial charge in [0.2, 0.25) is 0 Å². The molecule has 2 unspecified atom stereocenters. The lowest BCUT2D eigenvalue weighted by molar-refractivity contribution is -0.0257. The monoisotopic (exact) mass is 351 g/mol. The van der Waals surface area contributed by atoms with Crippen molar-refractivity contribution >= 4 is 22.5 Å². The van der Waals surface area contributed by atoms with Crippen LogP contribution in [0, 0.1) is 0 Å². The zero-order valence-corrected chi connectivity index (χ0v) is 14.3. The minimum absolute atomic E-state index is 0.447. The van der Waals surface area contributed by atoms with Crippen molar-refractivity contribution in [3.8, 4) is 5.75 Å². The van der Waals surface area contributed by atoms with Gasteiger partial charge in [-0.25, -0.2) is 0 Å². The van der Waals surface area contributed by atoms with E-state index in [1.165, 1.54) is 0 Å². The summed E-state index contributed by atoms with van der Waals surface area (Å²) in [5, 5.41) is 21.4. The van der Waals surface area contributed by atoms with Crippen molar-refractivity contribution in [1.29, 1.82) is 0 Å². The van der Waals surface area contributed by atoms with Crippen LogP contribution in [0.3, 0.4) is 0 Å². The van der Waals surface area contributed by atoms with E-state index in [9.17, 15) is 10.2 Å². The molecule has 3 rings (SSSR count). The molecule has 1 saturated heterocycles. The van der Waals surface area contributed by atoms with Gasteiger partial charge in [0.1, 0.15) is 5.75 Å². The van der Waals surface area contributed by atoms with Crippen LogP contribution in [0.15, 0.2) is 24.4 Å². The van der Waals surface area contributed by atoms with Gasteiger partial charge >= 0.3 is 0 Å². The molecule has 4 N–H and O–H groups in total. The van der Waals surface area contributed by atoms with Crippen molar-refractivity contribution < 1.29 is 14.9 Å². The van der Waals surface area contributed by atoms with Gasteiger partial charge in [0, 0.05) is 31.2 Å². The fraction of sp³-hybridized carbons (Fsp3) is 0.471. The van der Waals surface area contributed by atoms with Crippen LogP contribution >= 0.6 is 11.6 Å². The molecule has 6 nitrogen and oxygen atoms in total. The SMILES string of the molecule is COc1ccc2ncc(Cl)c(CCN3CC(O)C(N)C(O)C3)c2c1. The molecule has 130 valence electrons. The van der Waals surface area contributed by atoms with E-state index in [0.717, 1.165) is 22.2 Å². The summed E-state index contributed by atoms with van der Waals surface area (Å²) in [5.74, 6) is 0.752. The van der Waals surface area contributed by atoms with E-state index in [4.69, 9.17) is 22.1 Å².